The highest BCUT2D eigenvalue weighted by Gasteiger charge is 2.25. The minimum Gasteiger partial charge on any atom is -0.378 e. The smallest absolute Gasteiger partial charge is 0.272 e. The summed E-state index contributed by atoms with van der Waals surface area (Å²) in [7, 11) is 0. The first-order valence-corrected chi connectivity index (χ1v) is 7.04. The van der Waals surface area contributed by atoms with Gasteiger partial charge in [-0.1, -0.05) is 18.2 Å². The lowest BCUT2D eigenvalue weighted by Gasteiger charge is -2.14. The minimum absolute atomic E-state index is 0.158. The van der Waals surface area contributed by atoms with E-state index < -0.39 is 0 Å². The number of hydrogen-bond donors (Lipinski definition) is 2. The van der Waals surface area contributed by atoms with Crippen molar-refractivity contribution in [2.24, 2.45) is 5.92 Å². The van der Waals surface area contributed by atoms with Crippen LogP contribution in [0.15, 0.2) is 29.1 Å². The molecule has 2 N–H and O–H groups in total. The summed E-state index contributed by atoms with van der Waals surface area (Å²) in [5, 5.41) is 10.2. The first-order chi connectivity index (χ1) is 10.2. The first kappa shape index (κ1) is 13.8. The summed E-state index contributed by atoms with van der Waals surface area (Å²) < 4.78 is 5.47. The van der Waals surface area contributed by atoms with E-state index in [1.807, 2.05) is 6.92 Å². The van der Waals surface area contributed by atoms with Gasteiger partial charge in [-0.2, -0.15) is 5.10 Å². The molecule has 1 saturated heterocycles. The molecule has 21 heavy (non-hydrogen) atoms. The van der Waals surface area contributed by atoms with Crippen molar-refractivity contribution in [1.29, 1.82) is 0 Å². The van der Waals surface area contributed by atoms with Gasteiger partial charge in [-0.3, -0.25) is 9.59 Å². The Morgan fingerprint density at radius 2 is 2.19 bits per heavy atom. The zero-order chi connectivity index (χ0) is 14.8. The second-order valence-electron chi connectivity index (χ2n) is 5.28. The lowest BCUT2D eigenvalue weighted by atomic mass is 10.0. The van der Waals surface area contributed by atoms with Crippen molar-refractivity contribution in [1.82, 2.24) is 15.5 Å². The van der Waals surface area contributed by atoms with Crippen molar-refractivity contribution in [3.8, 4) is 0 Å². The van der Waals surface area contributed by atoms with E-state index in [1.54, 1.807) is 24.3 Å². The topological polar surface area (TPSA) is 84.1 Å². The molecule has 2 aromatic rings. The Balaban J connectivity index is 1.82. The third-order valence-electron chi connectivity index (χ3n) is 3.97. The van der Waals surface area contributed by atoms with Gasteiger partial charge in [0, 0.05) is 24.5 Å². The number of aromatic amines is 1. The molecule has 2 unspecified atom stereocenters. The number of aromatic nitrogens is 2. The number of rotatable bonds is 3. The van der Waals surface area contributed by atoms with E-state index in [2.05, 4.69) is 15.5 Å². The largest absolute Gasteiger partial charge is 0.378 e. The van der Waals surface area contributed by atoms with Crippen molar-refractivity contribution >= 4 is 16.7 Å². The van der Waals surface area contributed by atoms with Crippen LogP contribution in [0.25, 0.3) is 10.8 Å². The molecule has 0 bridgehead atoms. The summed E-state index contributed by atoms with van der Waals surface area (Å²) in [6, 6.07) is 6.96. The average Bonchev–Trinajstić information content (AvgIpc) is 2.91. The van der Waals surface area contributed by atoms with Crippen molar-refractivity contribution in [2.45, 2.75) is 19.4 Å². The fraction of sp³-hybridized carbons (Fsp3) is 0.400. The summed E-state index contributed by atoms with van der Waals surface area (Å²) in [4.78, 5) is 24.0. The van der Waals surface area contributed by atoms with Crippen LogP contribution in [0.5, 0.6) is 0 Å². The highest BCUT2D eigenvalue weighted by molar-refractivity contribution is 6.04. The number of nitrogens with one attached hydrogen (secondary N) is 2. The second kappa shape index (κ2) is 5.65. The van der Waals surface area contributed by atoms with Gasteiger partial charge >= 0.3 is 0 Å². The molecule has 1 fully saturated rings. The standard InChI is InChI=1S/C15H17N3O3/c1-9-10(6-7-21-9)8-16-15(20)13-11-4-2-3-5-12(11)14(19)18-17-13/h2-5,9-10H,6-8H2,1H3,(H,16,20)(H,18,19). The van der Waals surface area contributed by atoms with Gasteiger partial charge in [-0.25, -0.2) is 5.10 Å². The van der Waals surface area contributed by atoms with Gasteiger partial charge in [0.25, 0.3) is 11.5 Å². The van der Waals surface area contributed by atoms with Crippen LogP contribution in [0.4, 0.5) is 0 Å². The molecule has 3 rings (SSSR count). The molecule has 1 amide bonds. The molecule has 1 aliphatic heterocycles. The van der Waals surface area contributed by atoms with Crippen molar-refractivity contribution in [3.63, 3.8) is 0 Å². The summed E-state index contributed by atoms with van der Waals surface area (Å²) in [6.07, 6.45) is 1.10. The molecule has 1 aliphatic rings. The fourth-order valence-corrected chi connectivity index (χ4v) is 2.64. The Bertz CT molecular complexity index is 725. The number of H-pyrrole nitrogens is 1. The third-order valence-corrected chi connectivity index (χ3v) is 3.97. The van der Waals surface area contributed by atoms with E-state index in [4.69, 9.17) is 4.74 Å². The lowest BCUT2D eigenvalue weighted by molar-refractivity contribution is 0.0904. The summed E-state index contributed by atoms with van der Waals surface area (Å²) in [5.74, 6) is 0.0459. The van der Waals surface area contributed by atoms with Crippen LogP contribution in [0, 0.1) is 5.92 Å². The zero-order valence-corrected chi connectivity index (χ0v) is 11.8. The molecular weight excluding hydrogens is 270 g/mol. The van der Waals surface area contributed by atoms with E-state index in [0.29, 0.717) is 23.2 Å². The zero-order valence-electron chi connectivity index (χ0n) is 11.8. The summed E-state index contributed by atoms with van der Waals surface area (Å²) in [6.45, 7) is 3.30. The van der Waals surface area contributed by atoms with Gasteiger partial charge in [0.15, 0.2) is 5.69 Å². The highest BCUT2D eigenvalue weighted by atomic mass is 16.5. The minimum atomic E-state index is -0.292. The van der Waals surface area contributed by atoms with Crippen LogP contribution in [-0.2, 0) is 4.74 Å². The molecule has 0 aliphatic carbocycles. The maximum atomic E-state index is 12.3. The number of amides is 1. The number of carbonyl (C=O) groups excluding carboxylic acids is 1. The molecule has 1 aromatic carbocycles. The van der Waals surface area contributed by atoms with E-state index in [9.17, 15) is 9.59 Å². The van der Waals surface area contributed by atoms with Crippen LogP contribution in [-0.4, -0.2) is 35.4 Å². The summed E-state index contributed by atoms with van der Waals surface area (Å²) in [5.41, 5.74) is -0.0447. The normalized spacial score (nSPS) is 21.6. The van der Waals surface area contributed by atoms with Crippen LogP contribution in [0.1, 0.15) is 23.8 Å². The monoisotopic (exact) mass is 287 g/mol. The number of ether oxygens (including phenoxy) is 1. The highest BCUT2D eigenvalue weighted by Crippen LogP contribution is 2.19. The maximum absolute atomic E-state index is 12.3. The molecule has 0 radical (unpaired) electrons. The Morgan fingerprint density at radius 1 is 1.43 bits per heavy atom. The van der Waals surface area contributed by atoms with Crippen LogP contribution >= 0.6 is 0 Å². The van der Waals surface area contributed by atoms with Crippen LogP contribution < -0.4 is 10.9 Å². The van der Waals surface area contributed by atoms with E-state index in [0.717, 1.165) is 13.0 Å². The lowest BCUT2D eigenvalue weighted by Crippen LogP contribution is -2.33. The number of hydrogen-bond acceptors (Lipinski definition) is 4. The predicted octanol–water partition coefficient (Wildman–Crippen LogP) is 1.08. The maximum Gasteiger partial charge on any atom is 0.272 e. The molecule has 6 nitrogen and oxygen atoms in total. The van der Waals surface area contributed by atoms with Crippen molar-refractivity contribution in [3.05, 3.63) is 40.3 Å². The van der Waals surface area contributed by atoms with Gasteiger partial charge in [-0.15, -0.1) is 0 Å². The molecule has 6 heteroatoms. The second-order valence-corrected chi connectivity index (χ2v) is 5.28. The molecule has 0 spiro atoms. The van der Waals surface area contributed by atoms with Gasteiger partial charge < -0.3 is 10.1 Å². The Kier molecular flexibility index (Phi) is 3.70. The number of carbonyl (C=O) groups is 1. The van der Waals surface area contributed by atoms with E-state index >= 15 is 0 Å². The average molecular weight is 287 g/mol. The number of benzene rings is 1. The van der Waals surface area contributed by atoms with Gasteiger partial charge in [0.2, 0.25) is 0 Å². The summed E-state index contributed by atoms with van der Waals surface area (Å²) >= 11 is 0. The molecule has 2 atom stereocenters. The van der Waals surface area contributed by atoms with E-state index in [-0.39, 0.29) is 23.3 Å². The number of nitrogens with zero attached hydrogens (tertiary/aromatic N) is 1. The van der Waals surface area contributed by atoms with Gasteiger partial charge in [0.05, 0.1) is 11.5 Å². The SMILES string of the molecule is CC1OCCC1CNC(=O)c1n[nH]c(=O)c2ccccc12. The van der Waals surface area contributed by atoms with Crippen LogP contribution in [0.3, 0.4) is 0 Å². The third kappa shape index (κ3) is 2.67. The fourth-order valence-electron chi connectivity index (χ4n) is 2.64. The molecular formula is C15H17N3O3. The first-order valence-electron chi connectivity index (χ1n) is 7.04. The molecule has 1 aromatic heterocycles. The molecule has 2 heterocycles. The van der Waals surface area contributed by atoms with Crippen molar-refractivity contribution in [2.75, 3.05) is 13.2 Å². The predicted molar refractivity (Wildman–Crippen MR) is 78.2 cm³/mol. The van der Waals surface area contributed by atoms with Gasteiger partial charge in [0.1, 0.15) is 0 Å². The van der Waals surface area contributed by atoms with Gasteiger partial charge in [-0.05, 0) is 19.4 Å². The Morgan fingerprint density at radius 3 is 2.90 bits per heavy atom. The number of fused-ring (bicyclic) bond motifs is 1. The van der Waals surface area contributed by atoms with Crippen molar-refractivity contribution < 1.29 is 9.53 Å². The van der Waals surface area contributed by atoms with E-state index in [1.165, 1.54) is 0 Å². The van der Waals surface area contributed by atoms with Crippen LogP contribution in [0.2, 0.25) is 0 Å². The Labute approximate surface area is 121 Å². The molecule has 0 saturated carbocycles. The Hall–Kier alpha value is -2.21. The molecule has 110 valence electrons. The quantitative estimate of drug-likeness (QED) is 0.884.